The van der Waals surface area contributed by atoms with Crippen molar-refractivity contribution >= 4 is 28.8 Å². The summed E-state index contributed by atoms with van der Waals surface area (Å²) in [4.78, 5) is 26.9. The summed E-state index contributed by atoms with van der Waals surface area (Å²) < 4.78 is 9.97. The Balaban J connectivity index is 1.40. The van der Waals surface area contributed by atoms with Crippen molar-refractivity contribution in [1.29, 1.82) is 0 Å². The Morgan fingerprint density at radius 1 is 1.22 bits per heavy atom. The number of nitrogens with zero attached hydrogens (tertiary/aromatic N) is 3. The van der Waals surface area contributed by atoms with Gasteiger partial charge in [0, 0.05) is 40.8 Å². The number of anilines is 1. The van der Waals surface area contributed by atoms with Gasteiger partial charge in [-0.05, 0) is 43.2 Å². The average Bonchev–Trinajstić information content (AvgIpc) is 3.43. The molecule has 0 atom stereocenters. The molecule has 136 valence electrons. The molecule has 1 saturated carbocycles. The number of nitro benzene ring substituents is 1. The van der Waals surface area contributed by atoms with E-state index in [4.69, 9.17) is 4.74 Å². The molecule has 1 fully saturated rings. The molecule has 0 aliphatic heterocycles. The van der Waals surface area contributed by atoms with E-state index in [0.29, 0.717) is 22.5 Å². The van der Waals surface area contributed by atoms with Crippen molar-refractivity contribution in [3.8, 4) is 10.9 Å². The van der Waals surface area contributed by atoms with Crippen LogP contribution in [0.25, 0.3) is 0 Å². The quantitative estimate of drug-likeness (QED) is 0.501. The molecular formula is C18H14N4O4S. The third-order valence-corrected chi connectivity index (χ3v) is 4.61. The first-order valence-electron chi connectivity index (χ1n) is 8.26. The second kappa shape index (κ2) is 7.12. The van der Waals surface area contributed by atoms with Crippen LogP contribution in [0, 0.1) is 10.1 Å². The molecule has 0 bridgehead atoms. The van der Waals surface area contributed by atoms with Gasteiger partial charge in [0.2, 0.25) is 0 Å². The topological polar surface area (TPSA) is 107 Å². The number of amides is 1. The van der Waals surface area contributed by atoms with Gasteiger partial charge in [0.05, 0.1) is 4.92 Å². The SMILES string of the molecule is O=C(Nc1ccc(Oc2nc(C3CC3)ns2)cc1)c1cccc([N+](=O)[O-])c1. The van der Waals surface area contributed by atoms with Crippen LogP contribution in [0.15, 0.2) is 48.5 Å². The zero-order chi connectivity index (χ0) is 18.8. The maximum Gasteiger partial charge on any atom is 0.298 e. The first kappa shape index (κ1) is 17.1. The molecule has 9 heteroatoms. The van der Waals surface area contributed by atoms with Crippen LogP contribution in [0.3, 0.4) is 0 Å². The van der Waals surface area contributed by atoms with Crippen LogP contribution in [0.4, 0.5) is 11.4 Å². The highest BCUT2D eigenvalue weighted by atomic mass is 32.1. The van der Waals surface area contributed by atoms with Crippen molar-refractivity contribution < 1.29 is 14.5 Å². The molecule has 0 radical (unpaired) electrons. The highest BCUT2D eigenvalue weighted by Crippen LogP contribution is 2.40. The average molecular weight is 382 g/mol. The summed E-state index contributed by atoms with van der Waals surface area (Å²) in [5.74, 6) is 1.48. The van der Waals surface area contributed by atoms with Gasteiger partial charge in [-0.25, -0.2) is 0 Å². The van der Waals surface area contributed by atoms with Gasteiger partial charge in [-0.2, -0.15) is 9.36 Å². The second-order valence-electron chi connectivity index (χ2n) is 6.08. The van der Waals surface area contributed by atoms with Crippen LogP contribution in [-0.2, 0) is 0 Å². The van der Waals surface area contributed by atoms with Gasteiger partial charge >= 0.3 is 0 Å². The number of nitrogens with one attached hydrogen (secondary N) is 1. The van der Waals surface area contributed by atoms with Crippen molar-refractivity contribution in [2.24, 2.45) is 0 Å². The standard InChI is InChI=1S/C18H14N4O4S/c23-17(12-2-1-3-14(10-12)22(24)25)19-13-6-8-15(9-7-13)26-18-20-16(21-27-18)11-4-5-11/h1-3,6-11H,4-5H2,(H,19,23). The van der Waals surface area contributed by atoms with Crippen molar-refractivity contribution in [2.75, 3.05) is 5.32 Å². The van der Waals surface area contributed by atoms with Crippen LogP contribution >= 0.6 is 11.5 Å². The van der Waals surface area contributed by atoms with E-state index in [1.807, 2.05) is 0 Å². The maximum absolute atomic E-state index is 12.3. The Morgan fingerprint density at radius 2 is 2.00 bits per heavy atom. The first-order chi connectivity index (χ1) is 13.1. The Labute approximate surface area is 158 Å². The number of nitro groups is 1. The highest BCUT2D eigenvalue weighted by Gasteiger charge is 2.28. The summed E-state index contributed by atoms with van der Waals surface area (Å²) in [5, 5.41) is 14.0. The fraction of sp³-hybridized carbons (Fsp3) is 0.167. The molecule has 0 saturated heterocycles. The molecule has 1 N–H and O–H groups in total. The van der Waals surface area contributed by atoms with Gasteiger partial charge < -0.3 is 10.1 Å². The summed E-state index contributed by atoms with van der Waals surface area (Å²) >= 11 is 1.22. The number of carbonyl (C=O) groups excluding carboxylic acids is 1. The number of rotatable bonds is 6. The minimum atomic E-state index is -0.537. The van der Waals surface area contributed by atoms with E-state index in [-0.39, 0.29) is 11.3 Å². The molecule has 0 unspecified atom stereocenters. The molecule has 27 heavy (non-hydrogen) atoms. The summed E-state index contributed by atoms with van der Waals surface area (Å²) in [5.41, 5.74) is 0.634. The van der Waals surface area contributed by atoms with Crippen LogP contribution < -0.4 is 10.1 Å². The van der Waals surface area contributed by atoms with Gasteiger partial charge in [-0.15, -0.1) is 0 Å². The van der Waals surface area contributed by atoms with Crippen molar-refractivity contribution in [2.45, 2.75) is 18.8 Å². The lowest BCUT2D eigenvalue weighted by atomic mass is 10.2. The molecule has 1 aliphatic carbocycles. The van der Waals surface area contributed by atoms with Gasteiger partial charge in [-0.1, -0.05) is 6.07 Å². The second-order valence-corrected chi connectivity index (χ2v) is 6.80. The number of aromatic nitrogens is 2. The predicted molar refractivity (Wildman–Crippen MR) is 99.4 cm³/mol. The minimum absolute atomic E-state index is 0.131. The smallest absolute Gasteiger partial charge is 0.298 e. The highest BCUT2D eigenvalue weighted by molar-refractivity contribution is 7.07. The van der Waals surface area contributed by atoms with Crippen molar-refractivity contribution in [3.63, 3.8) is 0 Å². The molecule has 1 aliphatic rings. The Morgan fingerprint density at radius 3 is 2.70 bits per heavy atom. The summed E-state index contributed by atoms with van der Waals surface area (Å²) in [7, 11) is 0. The zero-order valence-electron chi connectivity index (χ0n) is 14.0. The maximum atomic E-state index is 12.3. The molecule has 8 nitrogen and oxygen atoms in total. The number of hydrogen-bond donors (Lipinski definition) is 1. The Hall–Kier alpha value is -3.33. The van der Waals surface area contributed by atoms with Gasteiger partial charge in [0.15, 0.2) is 0 Å². The van der Waals surface area contributed by atoms with Gasteiger partial charge in [0.1, 0.15) is 11.6 Å². The molecule has 4 rings (SSSR count). The molecule has 1 amide bonds. The van der Waals surface area contributed by atoms with Crippen LogP contribution in [0.5, 0.6) is 10.9 Å². The molecular weight excluding hydrogens is 368 g/mol. The lowest BCUT2D eigenvalue weighted by molar-refractivity contribution is -0.384. The normalized spacial score (nSPS) is 13.2. The predicted octanol–water partition coefficient (Wildman–Crippen LogP) is 4.37. The summed E-state index contributed by atoms with van der Waals surface area (Å²) in [6, 6.07) is 12.4. The number of ether oxygens (including phenoxy) is 1. The molecule has 0 spiro atoms. The molecule has 1 aromatic heterocycles. The van der Waals surface area contributed by atoms with Gasteiger partial charge in [0.25, 0.3) is 16.8 Å². The van der Waals surface area contributed by atoms with Crippen molar-refractivity contribution in [1.82, 2.24) is 9.36 Å². The fourth-order valence-corrected chi connectivity index (χ4v) is 3.07. The van der Waals surface area contributed by atoms with Crippen LogP contribution in [-0.4, -0.2) is 20.2 Å². The Kier molecular flexibility index (Phi) is 4.51. The van der Waals surface area contributed by atoms with E-state index >= 15 is 0 Å². The molecule has 2 aromatic carbocycles. The third-order valence-electron chi connectivity index (χ3n) is 4.00. The number of carbonyl (C=O) groups is 1. The van der Waals surface area contributed by atoms with E-state index in [0.717, 1.165) is 18.7 Å². The first-order valence-corrected chi connectivity index (χ1v) is 9.03. The molecule has 3 aromatic rings. The van der Waals surface area contributed by atoms with Crippen LogP contribution in [0.1, 0.15) is 34.9 Å². The third kappa shape index (κ3) is 4.09. The lowest BCUT2D eigenvalue weighted by Crippen LogP contribution is -2.11. The lowest BCUT2D eigenvalue weighted by Gasteiger charge is -2.06. The monoisotopic (exact) mass is 382 g/mol. The van der Waals surface area contributed by atoms with Crippen molar-refractivity contribution in [3.05, 3.63) is 70.0 Å². The van der Waals surface area contributed by atoms with E-state index in [9.17, 15) is 14.9 Å². The fourth-order valence-electron chi connectivity index (χ4n) is 2.44. The number of non-ortho nitro benzene ring substituents is 1. The summed E-state index contributed by atoms with van der Waals surface area (Å²) in [6.07, 6.45) is 2.27. The number of benzene rings is 2. The van der Waals surface area contributed by atoms with E-state index in [1.54, 1.807) is 24.3 Å². The van der Waals surface area contributed by atoms with E-state index in [1.165, 1.54) is 35.8 Å². The van der Waals surface area contributed by atoms with Gasteiger partial charge in [-0.3, -0.25) is 14.9 Å². The largest absolute Gasteiger partial charge is 0.430 e. The summed E-state index contributed by atoms with van der Waals surface area (Å²) in [6.45, 7) is 0. The Bertz CT molecular complexity index is 999. The number of hydrogen-bond acceptors (Lipinski definition) is 7. The zero-order valence-corrected chi connectivity index (χ0v) is 14.8. The van der Waals surface area contributed by atoms with Crippen LogP contribution in [0.2, 0.25) is 0 Å². The van der Waals surface area contributed by atoms with E-state index < -0.39 is 10.8 Å². The van der Waals surface area contributed by atoms with E-state index in [2.05, 4.69) is 14.7 Å². The molecule has 1 heterocycles. The minimum Gasteiger partial charge on any atom is -0.430 e.